The molecule has 1 heterocycles. The Morgan fingerprint density at radius 3 is 2.70 bits per heavy atom. The van der Waals surface area contributed by atoms with Crippen LogP contribution in [0.2, 0.25) is 0 Å². The molecule has 1 fully saturated rings. The van der Waals surface area contributed by atoms with E-state index < -0.39 is 16.0 Å². The van der Waals surface area contributed by atoms with E-state index in [1.807, 2.05) is 0 Å². The molecule has 1 amide bonds. The molecule has 0 saturated carbocycles. The van der Waals surface area contributed by atoms with Gasteiger partial charge < -0.3 is 10.4 Å². The highest BCUT2D eigenvalue weighted by Gasteiger charge is 2.31. The minimum Gasteiger partial charge on any atom is -0.478 e. The van der Waals surface area contributed by atoms with Crippen molar-refractivity contribution >= 4 is 21.9 Å². The largest absolute Gasteiger partial charge is 0.478 e. The lowest BCUT2D eigenvalue weighted by Gasteiger charge is -2.19. The molecule has 0 atom stereocenters. The van der Waals surface area contributed by atoms with Gasteiger partial charge in [-0.1, -0.05) is 12.1 Å². The second-order valence-corrected chi connectivity index (χ2v) is 6.25. The Bertz CT molecular complexity index is 641. The number of carbonyl (C=O) groups excluding carboxylic acids is 1. The van der Waals surface area contributed by atoms with E-state index >= 15 is 0 Å². The summed E-state index contributed by atoms with van der Waals surface area (Å²) in [6.45, 7) is 0.288. The van der Waals surface area contributed by atoms with Crippen molar-refractivity contribution in [3.05, 3.63) is 29.8 Å². The van der Waals surface area contributed by atoms with Gasteiger partial charge in [-0.2, -0.15) is 4.31 Å². The van der Waals surface area contributed by atoms with Crippen LogP contribution in [0, 0.1) is 0 Å². The standard InChI is InChI=1S/C12H14N2O5S/c15-11-8-14(7-3-6-13-11)20(18,19)10-5-2-1-4-9(10)12(16)17/h1-2,4-5H,3,6-8H2,(H,13,15)(H,16,17). The molecule has 0 aliphatic carbocycles. The van der Waals surface area contributed by atoms with Crippen LogP contribution in [0.5, 0.6) is 0 Å². The number of hydrogen-bond donors (Lipinski definition) is 2. The zero-order chi connectivity index (χ0) is 14.8. The van der Waals surface area contributed by atoms with Crippen LogP contribution >= 0.6 is 0 Å². The first kappa shape index (κ1) is 14.5. The van der Waals surface area contributed by atoms with Gasteiger partial charge >= 0.3 is 5.97 Å². The van der Waals surface area contributed by atoms with Gasteiger partial charge in [0.2, 0.25) is 15.9 Å². The number of nitrogens with one attached hydrogen (secondary N) is 1. The Balaban J connectivity index is 2.44. The normalized spacial score (nSPS) is 17.3. The Kier molecular flexibility index (Phi) is 4.05. The molecular weight excluding hydrogens is 284 g/mol. The molecule has 7 nitrogen and oxygen atoms in total. The lowest BCUT2D eigenvalue weighted by atomic mass is 10.2. The van der Waals surface area contributed by atoms with Gasteiger partial charge in [-0.15, -0.1) is 0 Å². The maximum Gasteiger partial charge on any atom is 0.337 e. The molecule has 0 aromatic heterocycles. The van der Waals surface area contributed by atoms with Crippen LogP contribution in [0.4, 0.5) is 0 Å². The molecule has 20 heavy (non-hydrogen) atoms. The number of nitrogens with zero attached hydrogens (tertiary/aromatic N) is 1. The third kappa shape index (κ3) is 2.81. The summed E-state index contributed by atoms with van der Waals surface area (Å²) in [4.78, 5) is 22.3. The second kappa shape index (κ2) is 5.59. The van der Waals surface area contributed by atoms with Gasteiger partial charge in [0.1, 0.15) is 0 Å². The number of aromatic carboxylic acids is 1. The minimum absolute atomic E-state index is 0.176. The van der Waals surface area contributed by atoms with Crippen LogP contribution in [0.25, 0.3) is 0 Å². The van der Waals surface area contributed by atoms with E-state index in [9.17, 15) is 18.0 Å². The Labute approximate surface area is 116 Å². The maximum absolute atomic E-state index is 12.5. The first-order valence-corrected chi connectivity index (χ1v) is 7.46. The summed E-state index contributed by atoms with van der Waals surface area (Å²) in [7, 11) is -4.00. The first-order chi connectivity index (χ1) is 9.43. The topological polar surface area (TPSA) is 104 Å². The molecule has 1 aliphatic rings. The van der Waals surface area contributed by atoms with Gasteiger partial charge in [-0.05, 0) is 18.6 Å². The maximum atomic E-state index is 12.5. The van der Waals surface area contributed by atoms with Crippen LogP contribution in [0.3, 0.4) is 0 Å². The number of rotatable bonds is 3. The molecule has 1 aromatic rings. The van der Waals surface area contributed by atoms with E-state index in [0.29, 0.717) is 13.0 Å². The van der Waals surface area contributed by atoms with Gasteiger partial charge in [0.05, 0.1) is 17.0 Å². The summed E-state index contributed by atoms with van der Waals surface area (Å²) in [5, 5.41) is 11.6. The number of amides is 1. The molecule has 8 heteroatoms. The second-order valence-electron chi connectivity index (χ2n) is 4.34. The quantitative estimate of drug-likeness (QED) is 0.810. The van der Waals surface area contributed by atoms with Crippen molar-refractivity contribution in [2.75, 3.05) is 19.6 Å². The third-order valence-electron chi connectivity index (χ3n) is 2.96. The van der Waals surface area contributed by atoms with Crippen LogP contribution in [0.15, 0.2) is 29.2 Å². The summed E-state index contributed by atoms with van der Waals surface area (Å²) < 4.78 is 26.0. The molecule has 2 N–H and O–H groups in total. The number of carboxylic acids is 1. The lowest BCUT2D eigenvalue weighted by Crippen LogP contribution is -2.37. The fourth-order valence-electron chi connectivity index (χ4n) is 1.99. The minimum atomic E-state index is -4.00. The first-order valence-electron chi connectivity index (χ1n) is 6.02. The Hall–Kier alpha value is -1.93. The summed E-state index contributed by atoms with van der Waals surface area (Å²) >= 11 is 0. The monoisotopic (exact) mass is 298 g/mol. The van der Waals surface area contributed by atoms with E-state index in [4.69, 9.17) is 5.11 Å². The summed E-state index contributed by atoms with van der Waals surface area (Å²) in [6.07, 6.45) is 0.486. The van der Waals surface area contributed by atoms with E-state index in [0.717, 1.165) is 4.31 Å². The number of hydrogen-bond acceptors (Lipinski definition) is 4. The van der Waals surface area contributed by atoms with E-state index in [-0.39, 0.29) is 29.5 Å². The highest BCUT2D eigenvalue weighted by atomic mass is 32.2. The molecule has 1 saturated heterocycles. The molecule has 0 spiro atoms. The van der Waals surface area contributed by atoms with Gasteiger partial charge in [-0.25, -0.2) is 13.2 Å². The molecule has 108 valence electrons. The summed E-state index contributed by atoms with van der Waals surface area (Å²) in [6, 6.07) is 5.38. The van der Waals surface area contributed by atoms with Gasteiger partial charge in [0.25, 0.3) is 0 Å². The predicted octanol–water partition coefficient (Wildman–Crippen LogP) is -0.105. The fraction of sp³-hybridized carbons (Fsp3) is 0.333. The average molecular weight is 298 g/mol. The van der Waals surface area contributed by atoms with E-state index in [1.54, 1.807) is 0 Å². The SMILES string of the molecule is O=C1CN(S(=O)(=O)c2ccccc2C(=O)O)CCCN1. The number of carboxylic acid groups (broad SMARTS) is 1. The number of sulfonamides is 1. The molecular formula is C12H14N2O5S. The van der Waals surface area contributed by atoms with Crippen molar-refractivity contribution in [3.63, 3.8) is 0 Å². The lowest BCUT2D eigenvalue weighted by molar-refractivity contribution is -0.120. The molecule has 0 unspecified atom stereocenters. The smallest absolute Gasteiger partial charge is 0.337 e. The van der Waals surface area contributed by atoms with Gasteiger partial charge in [-0.3, -0.25) is 4.79 Å². The fourth-order valence-corrected chi connectivity index (χ4v) is 3.61. The van der Waals surface area contributed by atoms with E-state index in [2.05, 4.69) is 5.32 Å². The van der Waals surface area contributed by atoms with Crippen LogP contribution < -0.4 is 5.32 Å². The molecule has 0 radical (unpaired) electrons. The third-order valence-corrected chi connectivity index (χ3v) is 4.87. The predicted molar refractivity (Wildman–Crippen MR) is 69.8 cm³/mol. The van der Waals surface area contributed by atoms with Gasteiger partial charge in [0, 0.05) is 13.1 Å². The summed E-state index contributed by atoms with van der Waals surface area (Å²) in [5.41, 5.74) is -0.294. The molecule has 2 rings (SSSR count). The Morgan fingerprint density at radius 2 is 2.00 bits per heavy atom. The zero-order valence-electron chi connectivity index (χ0n) is 10.6. The van der Waals surface area contributed by atoms with Crippen molar-refractivity contribution < 1.29 is 23.1 Å². The van der Waals surface area contributed by atoms with Crippen LogP contribution in [-0.4, -0.2) is 49.3 Å². The highest BCUT2D eigenvalue weighted by molar-refractivity contribution is 7.89. The average Bonchev–Trinajstić information content (AvgIpc) is 2.64. The zero-order valence-corrected chi connectivity index (χ0v) is 11.4. The van der Waals surface area contributed by atoms with Crippen molar-refractivity contribution in [1.29, 1.82) is 0 Å². The number of carbonyl (C=O) groups is 2. The molecule has 1 aromatic carbocycles. The van der Waals surface area contributed by atoms with Crippen LogP contribution in [-0.2, 0) is 14.8 Å². The van der Waals surface area contributed by atoms with Crippen molar-refractivity contribution in [2.45, 2.75) is 11.3 Å². The molecule has 1 aliphatic heterocycles. The van der Waals surface area contributed by atoms with Crippen molar-refractivity contribution in [2.24, 2.45) is 0 Å². The Morgan fingerprint density at radius 1 is 1.30 bits per heavy atom. The molecule has 0 bridgehead atoms. The van der Waals surface area contributed by atoms with Gasteiger partial charge in [0.15, 0.2) is 0 Å². The number of benzene rings is 1. The summed E-state index contributed by atoms with van der Waals surface area (Å²) in [5.74, 6) is -1.71. The van der Waals surface area contributed by atoms with E-state index in [1.165, 1.54) is 24.3 Å². The van der Waals surface area contributed by atoms with Crippen molar-refractivity contribution in [1.82, 2.24) is 9.62 Å². The highest BCUT2D eigenvalue weighted by Crippen LogP contribution is 2.21. The van der Waals surface area contributed by atoms with Crippen LogP contribution in [0.1, 0.15) is 16.8 Å². The van der Waals surface area contributed by atoms with Crippen molar-refractivity contribution in [3.8, 4) is 0 Å².